The second-order valence-corrected chi connectivity index (χ2v) is 8.60. The molecule has 2 aromatic heterocycles. The summed E-state index contributed by atoms with van der Waals surface area (Å²) in [6.45, 7) is 3.04. The number of thiophene rings is 1. The molecule has 0 aliphatic rings. The zero-order valence-corrected chi connectivity index (χ0v) is 15.5. The molecule has 0 aliphatic carbocycles. The third-order valence-corrected chi connectivity index (χ3v) is 5.92. The first-order valence-corrected chi connectivity index (χ1v) is 9.14. The largest absolute Gasteiger partial charge is 0.328 e. The Morgan fingerprint density at radius 1 is 1.33 bits per heavy atom. The van der Waals surface area contributed by atoms with E-state index in [4.69, 9.17) is 10.7 Å². The Morgan fingerprint density at radius 3 is 2.76 bits per heavy atom. The number of para-hydroxylation sites is 2. The number of aromatic nitrogens is 2. The maximum atomic E-state index is 6.39. The minimum atomic E-state index is -0.0657. The normalized spacial score (nSPS) is 13.0. The van der Waals surface area contributed by atoms with Crippen LogP contribution < -0.4 is 5.73 Å². The Labute approximate surface area is 144 Å². The number of hydrogen-bond donors (Lipinski definition) is 1. The molecule has 110 valence electrons. The van der Waals surface area contributed by atoms with Crippen molar-refractivity contribution in [3.05, 3.63) is 49.3 Å². The van der Waals surface area contributed by atoms with E-state index in [1.807, 2.05) is 18.2 Å². The number of rotatable bonds is 4. The fourth-order valence-electron chi connectivity index (χ4n) is 2.55. The van der Waals surface area contributed by atoms with Gasteiger partial charge in [-0.25, -0.2) is 4.98 Å². The van der Waals surface area contributed by atoms with Gasteiger partial charge in [-0.3, -0.25) is 0 Å². The lowest BCUT2D eigenvalue weighted by Gasteiger charge is -2.12. The van der Waals surface area contributed by atoms with Crippen molar-refractivity contribution in [2.24, 2.45) is 5.73 Å². The van der Waals surface area contributed by atoms with Gasteiger partial charge < -0.3 is 10.3 Å². The number of imidazole rings is 1. The number of fused-ring (bicyclic) bond motifs is 1. The highest BCUT2D eigenvalue weighted by atomic mass is 79.9. The number of halogens is 2. The van der Waals surface area contributed by atoms with Crippen LogP contribution in [0.1, 0.15) is 24.4 Å². The minimum absolute atomic E-state index is 0.0657. The number of aryl methyl sites for hydroxylation is 1. The molecule has 2 N–H and O–H groups in total. The Bertz CT molecular complexity index is 778. The van der Waals surface area contributed by atoms with E-state index in [1.165, 1.54) is 5.52 Å². The van der Waals surface area contributed by atoms with Crippen LogP contribution in [-0.4, -0.2) is 9.55 Å². The fraction of sp³-hybridized carbons (Fsp3) is 0.267. The van der Waals surface area contributed by atoms with Gasteiger partial charge in [0.25, 0.3) is 0 Å². The van der Waals surface area contributed by atoms with Crippen molar-refractivity contribution in [3.8, 4) is 0 Å². The summed E-state index contributed by atoms with van der Waals surface area (Å²) in [5.74, 6) is 1.04. The van der Waals surface area contributed by atoms with Crippen molar-refractivity contribution >= 4 is 54.2 Å². The molecule has 6 heteroatoms. The highest BCUT2D eigenvalue weighted by Gasteiger charge is 2.17. The first-order valence-electron chi connectivity index (χ1n) is 6.74. The van der Waals surface area contributed by atoms with Crippen LogP contribution in [0.15, 0.2) is 37.9 Å². The van der Waals surface area contributed by atoms with Crippen LogP contribution in [-0.2, 0) is 13.0 Å². The van der Waals surface area contributed by atoms with E-state index < -0.39 is 0 Å². The highest BCUT2D eigenvalue weighted by Crippen LogP contribution is 2.35. The second kappa shape index (κ2) is 6.20. The zero-order valence-electron chi connectivity index (χ0n) is 11.5. The van der Waals surface area contributed by atoms with Gasteiger partial charge in [-0.05, 0) is 62.5 Å². The van der Waals surface area contributed by atoms with E-state index in [2.05, 4.69) is 55.5 Å². The van der Waals surface area contributed by atoms with Gasteiger partial charge in [-0.15, -0.1) is 11.3 Å². The van der Waals surface area contributed by atoms with Crippen molar-refractivity contribution in [2.45, 2.75) is 25.9 Å². The monoisotopic (exact) mass is 427 g/mol. The molecule has 2 heterocycles. The molecule has 3 nitrogen and oxygen atoms in total. The number of hydrogen-bond acceptors (Lipinski definition) is 3. The van der Waals surface area contributed by atoms with Crippen molar-refractivity contribution in [2.75, 3.05) is 0 Å². The smallest absolute Gasteiger partial charge is 0.111 e. The molecule has 1 aromatic carbocycles. The van der Waals surface area contributed by atoms with Crippen LogP contribution in [0.2, 0.25) is 0 Å². The van der Waals surface area contributed by atoms with E-state index >= 15 is 0 Å². The molecular formula is C15H15Br2N3S. The summed E-state index contributed by atoms with van der Waals surface area (Å²) >= 11 is 8.74. The predicted octanol–water partition coefficient (Wildman–Crippen LogP) is 4.89. The molecule has 0 bridgehead atoms. The Kier molecular flexibility index (Phi) is 4.49. The Morgan fingerprint density at radius 2 is 2.10 bits per heavy atom. The predicted molar refractivity (Wildman–Crippen MR) is 95.8 cm³/mol. The molecule has 0 fully saturated rings. The number of benzene rings is 1. The van der Waals surface area contributed by atoms with Crippen LogP contribution in [0, 0.1) is 0 Å². The number of nitrogens with two attached hydrogens (primary N) is 1. The fourth-order valence-corrected chi connectivity index (χ4v) is 5.55. The van der Waals surface area contributed by atoms with Gasteiger partial charge in [0.15, 0.2) is 0 Å². The van der Waals surface area contributed by atoms with E-state index in [0.717, 1.165) is 37.4 Å². The molecule has 0 saturated heterocycles. The van der Waals surface area contributed by atoms with Gasteiger partial charge in [0.1, 0.15) is 5.82 Å². The van der Waals surface area contributed by atoms with Crippen LogP contribution >= 0.6 is 43.2 Å². The molecular weight excluding hydrogens is 414 g/mol. The SMILES string of the molecule is CCn1c(CC(N)c2cc(Br)sc2Br)nc2ccccc21. The average Bonchev–Trinajstić information content (AvgIpc) is 2.97. The van der Waals surface area contributed by atoms with Gasteiger partial charge in [0.2, 0.25) is 0 Å². The Hall–Kier alpha value is -0.690. The third kappa shape index (κ3) is 2.95. The first kappa shape index (κ1) is 15.2. The molecule has 1 unspecified atom stereocenters. The van der Waals surface area contributed by atoms with E-state index in [9.17, 15) is 0 Å². The molecule has 3 rings (SSSR count). The van der Waals surface area contributed by atoms with Gasteiger partial charge >= 0.3 is 0 Å². The van der Waals surface area contributed by atoms with E-state index in [0.29, 0.717) is 0 Å². The van der Waals surface area contributed by atoms with E-state index in [1.54, 1.807) is 11.3 Å². The zero-order chi connectivity index (χ0) is 15.0. The second-order valence-electron chi connectivity index (χ2n) is 4.85. The maximum absolute atomic E-state index is 6.39. The standard InChI is InChI=1S/C15H15Br2N3S/c1-2-20-12-6-4-3-5-11(12)19-14(20)8-10(18)9-7-13(16)21-15(9)17/h3-7,10H,2,8,18H2,1H3. The summed E-state index contributed by atoms with van der Waals surface area (Å²) in [6.07, 6.45) is 0.726. The summed E-state index contributed by atoms with van der Waals surface area (Å²) < 4.78 is 4.41. The topological polar surface area (TPSA) is 43.8 Å². The van der Waals surface area contributed by atoms with E-state index in [-0.39, 0.29) is 6.04 Å². The lowest BCUT2D eigenvalue weighted by Crippen LogP contribution is -2.16. The van der Waals surface area contributed by atoms with Gasteiger partial charge in [0, 0.05) is 19.0 Å². The maximum Gasteiger partial charge on any atom is 0.111 e. The minimum Gasteiger partial charge on any atom is -0.328 e. The molecule has 0 radical (unpaired) electrons. The molecule has 0 saturated carbocycles. The quantitative estimate of drug-likeness (QED) is 0.643. The van der Waals surface area contributed by atoms with Crippen LogP contribution in [0.5, 0.6) is 0 Å². The van der Waals surface area contributed by atoms with Crippen molar-refractivity contribution < 1.29 is 0 Å². The summed E-state index contributed by atoms with van der Waals surface area (Å²) in [6, 6.07) is 10.2. The lowest BCUT2D eigenvalue weighted by molar-refractivity contribution is 0.637. The highest BCUT2D eigenvalue weighted by molar-refractivity contribution is 9.12. The molecule has 21 heavy (non-hydrogen) atoms. The van der Waals surface area contributed by atoms with Crippen molar-refractivity contribution in [1.29, 1.82) is 0 Å². The number of nitrogens with zero attached hydrogens (tertiary/aromatic N) is 2. The van der Waals surface area contributed by atoms with Gasteiger partial charge in [-0.1, -0.05) is 12.1 Å². The summed E-state index contributed by atoms with van der Waals surface area (Å²) in [7, 11) is 0. The summed E-state index contributed by atoms with van der Waals surface area (Å²) in [5.41, 5.74) is 9.72. The Balaban J connectivity index is 1.96. The van der Waals surface area contributed by atoms with Crippen molar-refractivity contribution in [1.82, 2.24) is 9.55 Å². The van der Waals surface area contributed by atoms with Crippen LogP contribution in [0.3, 0.4) is 0 Å². The van der Waals surface area contributed by atoms with Crippen LogP contribution in [0.4, 0.5) is 0 Å². The molecule has 0 spiro atoms. The first-order chi connectivity index (χ1) is 10.1. The third-order valence-electron chi connectivity index (χ3n) is 3.53. The van der Waals surface area contributed by atoms with Gasteiger partial charge in [0.05, 0.1) is 18.6 Å². The summed E-state index contributed by atoms with van der Waals surface area (Å²) in [4.78, 5) is 4.74. The molecule has 0 amide bonds. The molecule has 1 atom stereocenters. The lowest BCUT2D eigenvalue weighted by atomic mass is 10.1. The van der Waals surface area contributed by atoms with Gasteiger partial charge in [-0.2, -0.15) is 0 Å². The molecule has 0 aliphatic heterocycles. The van der Waals surface area contributed by atoms with Crippen molar-refractivity contribution in [3.63, 3.8) is 0 Å². The average molecular weight is 429 g/mol. The summed E-state index contributed by atoms with van der Waals surface area (Å²) in [5, 5.41) is 0. The van der Waals surface area contributed by atoms with Crippen LogP contribution in [0.25, 0.3) is 11.0 Å². The molecule has 3 aromatic rings.